The predicted octanol–water partition coefficient (Wildman–Crippen LogP) is 3.64. The van der Waals surface area contributed by atoms with E-state index in [9.17, 15) is 0 Å². The molecule has 3 rings (SSSR count). The van der Waals surface area contributed by atoms with Gasteiger partial charge in [-0.05, 0) is 25.1 Å². The Balaban J connectivity index is 2.36. The van der Waals surface area contributed by atoms with Crippen molar-refractivity contribution in [2.24, 2.45) is 0 Å². The lowest BCUT2D eigenvalue weighted by molar-refractivity contribution is 0.332. The number of halogens is 1. The summed E-state index contributed by atoms with van der Waals surface area (Å²) in [6.07, 6.45) is 1.99. The molecule has 17 heavy (non-hydrogen) atoms. The molecule has 2 heterocycles. The van der Waals surface area contributed by atoms with E-state index in [0.717, 1.165) is 42.3 Å². The highest BCUT2D eigenvalue weighted by atomic mass is 35.5. The van der Waals surface area contributed by atoms with Crippen LogP contribution in [-0.4, -0.2) is 18.5 Å². The molecule has 0 fully saturated rings. The molecule has 0 aliphatic carbocycles. The van der Waals surface area contributed by atoms with Crippen LogP contribution in [0.3, 0.4) is 0 Å². The molecule has 2 aromatic rings. The fourth-order valence-electron chi connectivity index (χ4n) is 2.67. The maximum atomic E-state index is 6.23. The third-order valence-corrected chi connectivity index (χ3v) is 3.87. The third-order valence-electron chi connectivity index (χ3n) is 3.57. The van der Waals surface area contributed by atoms with Crippen LogP contribution in [0.5, 0.6) is 0 Å². The lowest BCUT2D eigenvalue weighted by Gasteiger charge is -2.13. The van der Waals surface area contributed by atoms with Crippen molar-refractivity contribution in [1.82, 2.24) is 4.90 Å². The summed E-state index contributed by atoms with van der Waals surface area (Å²) in [6.45, 7) is 4.19. The van der Waals surface area contributed by atoms with Gasteiger partial charge in [0.15, 0.2) is 5.58 Å². The second-order valence-corrected chi connectivity index (χ2v) is 5.16. The van der Waals surface area contributed by atoms with Gasteiger partial charge in [-0.2, -0.15) is 0 Å². The monoisotopic (exact) mass is 249 g/mol. The second-order valence-electron chi connectivity index (χ2n) is 4.76. The van der Waals surface area contributed by atoms with Gasteiger partial charge in [-0.25, -0.2) is 0 Å². The summed E-state index contributed by atoms with van der Waals surface area (Å²) in [5, 5.41) is 1.99. The quantitative estimate of drug-likeness (QED) is 0.767. The number of hydrogen-bond donors (Lipinski definition) is 0. The minimum Gasteiger partial charge on any atom is -0.459 e. The summed E-state index contributed by atoms with van der Waals surface area (Å²) < 4.78 is 5.94. The van der Waals surface area contributed by atoms with E-state index >= 15 is 0 Å². The molecule has 2 nitrogen and oxygen atoms in total. The van der Waals surface area contributed by atoms with E-state index in [1.165, 1.54) is 16.5 Å². The summed E-state index contributed by atoms with van der Waals surface area (Å²) >= 11 is 6.23. The number of aryl methyl sites for hydroxylation is 1. The standard InChI is InChI=1S/C14H16ClNO/c1-3-12-10-8-16(2)7-6-9-4-5-11(15)14(17-12)13(9)10/h4-5H,3,6-8H2,1-2H3. The molecule has 1 aromatic heterocycles. The van der Waals surface area contributed by atoms with Crippen molar-refractivity contribution in [2.75, 3.05) is 13.6 Å². The van der Waals surface area contributed by atoms with Crippen LogP contribution in [0.4, 0.5) is 0 Å². The number of rotatable bonds is 1. The Morgan fingerprint density at radius 1 is 1.41 bits per heavy atom. The van der Waals surface area contributed by atoms with Gasteiger partial charge in [-0.15, -0.1) is 0 Å². The fraction of sp³-hybridized carbons (Fsp3) is 0.429. The lowest BCUT2D eigenvalue weighted by Crippen LogP contribution is -2.18. The van der Waals surface area contributed by atoms with Gasteiger partial charge in [0.25, 0.3) is 0 Å². The van der Waals surface area contributed by atoms with E-state index in [4.69, 9.17) is 16.0 Å². The highest BCUT2D eigenvalue weighted by molar-refractivity contribution is 6.35. The van der Waals surface area contributed by atoms with E-state index < -0.39 is 0 Å². The van der Waals surface area contributed by atoms with E-state index in [0.29, 0.717) is 0 Å². The van der Waals surface area contributed by atoms with Gasteiger partial charge in [-0.3, -0.25) is 0 Å². The average molecular weight is 250 g/mol. The summed E-state index contributed by atoms with van der Waals surface area (Å²) in [6, 6.07) is 4.10. The molecule has 3 heteroatoms. The Morgan fingerprint density at radius 3 is 3.00 bits per heavy atom. The van der Waals surface area contributed by atoms with E-state index in [1.54, 1.807) is 0 Å². The Kier molecular flexibility index (Phi) is 2.64. The molecule has 0 N–H and O–H groups in total. The van der Waals surface area contributed by atoms with Gasteiger partial charge in [0.1, 0.15) is 5.76 Å². The Labute approximate surface area is 106 Å². The van der Waals surface area contributed by atoms with E-state index in [1.807, 2.05) is 6.07 Å². The van der Waals surface area contributed by atoms with Crippen LogP contribution in [0.15, 0.2) is 16.5 Å². The van der Waals surface area contributed by atoms with Gasteiger partial charge in [-0.1, -0.05) is 24.6 Å². The molecule has 0 radical (unpaired) electrons. The van der Waals surface area contributed by atoms with Crippen LogP contribution < -0.4 is 0 Å². The molecule has 0 atom stereocenters. The van der Waals surface area contributed by atoms with Crippen LogP contribution in [0, 0.1) is 0 Å². The molecule has 1 aliphatic heterocycles. The Bertz CT molecular complexity index is 573. The minimum absolute atomic E-state index is 0.731. The molecule has 0 spiro atoms. The number of hydrogen-bond acceptors (Lipinski definition) is 2. The van der Waals surface area contributed by atoms with Crippen molar-refractivity contribution >= 4 is 22.6 Å². The fourth-order valence-corrected chi connectivity index (χ4v) is 2.87. The molecule has 0 saturated heterocycles. The first-order chi connectivity index (χ1) is 8.20. The molecular weight excluding hydrogens is 234 g/mol. The Hall–Kier alpha value is -0.990. The van der Waals surface area contributed by atoms with Crippen molar-refractivity contribution in [3.63, 3.8) is 0 Å². The van der Waals surface area contributed by atoms with Crippen molar-refractivity contribution in [1.29, 1.82) is 0 Å². The molecule has 0 saturated carbocycles. The number of nitrogens with zero attached hydrogens (tertiary/aromatic N) is 1. The SMILES string of the molecule is CCc1oc2c(Cl)ccc3c2c1CN(C)CC3. The molecular formula is C14H16ClNO. The van der Waals surface area contributed by atoms with Crippen molar-refractivity contribution in [2.45, 2.75) is 26.3 Å². The topological polar surface area (TPSA) is 16.4 Å². The first kappa shape index (κ1) is 11.1. The molecule has 1 aliphatic rings. The van der Waals surface area contributed by atoms with Crippen LogP contribution in [0.1, 0.15) is 23.8 Å². The largest absolute Gasteiger partial charge is 0.459 e. The smallest absolute Gasteiger partial charge is 0.153 e. The number of furan rings is 1. The van der Waals surface area contributed by atoms with Crippen molar-refractivity contribution in [3.8, 4) is 0 Å². The van der Waals surface area contributed by atoms with Crippen LogP contribution in [0.2, 0.25) is 5.02 Å². The van der Waals surface area contributed by atoms with Gasteiger partial charge in [0.05, 0.1) is 5.02 Å². The first-order valence-corrected chi connectivity index (χ1v) is 6.48. The van der Waals surface area contributed by atoms with Crippen molar-refractivity contribution in [3.05, 3.63) is 34.0 Å². The number of benzene rings is 1. The van der Waals surface area contributed by atoms with Gasteiger partial charge in [0.2, 0.25) is 0 Å². The molecule has 0 unspecified atom stereocenters. The summed E-state index contributed by atoms with van der Waals surface area (Å²) in [7, 11) is 2.16. The first-order valence-electron chi connectivity index (χ1n) is 6.11. The minimum atomic E-state index is 0.731. The molecule has 1 aromatic carbocycles. The average Bonchev–Trinajstić information content (AvgIpc) is 2.59. The van der Waals surface area contributed by atoms with Gasteiger partial charge >= 0.3 is 0 Å². The summed E-state index contributed by atoms with van der Waals surface area (Å²) in [5.41, 5.74) is 3.58. The number of likely N-dealkylation sites (N-methyl/N-ethyl adjacent to an activating group) is 1. The zero-order valence-electron chi connectivity index (χ0n) is 10.2. The summed E-state index contributed by atoms with van der Waals surface area (Å²) in [5.74, 6) is 1.09. The van der Waals surface area contributed by atoms with Gasteiger partial charge < -0.3 is 9.32 Å². The van der Waals surface area contributed by atoms with E-state index in [2.05, 4.69) is 24.9 Å². The lowest BCUT2D eigenvalue weighted by atomic mass is 10.0. The van der Waals surface area contributed by atoms with Crippen LogP contribution in [-0.2, 0) is 19.4 Å². The maximum absolute atomic E-state index is 6.23. The normalized spacial score (nSPS) is 16.4. The summed E-state index contributed by atoms with van der Waals surface area (Å²) in [4.78, 5) is 2.34. The van der Waals surface area contributed by atoms with Crippen LogP contribution >= 0.6 is 11.6 Å². The van der Waals surface area contributed by atoms with Gasteiger partial charge in [0, 0.05) is 30.5 Å². The zero-order valence-corrected chi connectivity index (χ0v) is 11.0. The zero-order chi connectivity index (χ0) is 12.0. The van der Waals surface area contributed by atoms with Crippen molar-refractivity contribution < 1.29 is 4.42 Å². The van der Waals surface area contributed by atoms with Crippen LogP contribution in [0.25, 0.3) is 11.0 Å². The highest BCUT2D eigenvalue weighted by Crippen LogP contribution is 2.36. The molecule has 0 bridgehead atoms. The maximum Gasteiger partial charge on any atom is 0.153 e. The van der Waals surface area contributed by atoms with E-state index in [-0.39, 0.29) is 0 Å². The highest BCUT2D eigenvalue weighted by Gasteiger charge is 2.22. The second kappa shape index (κ2) is 4.04. The molecule has 90 valence electrons. The predicted molar refractivity (Wildman–Crippen MR) is 70.6 cm³/mol. The Morgan fingerprint density at radius 2 is 2.24 bits per heavy atom. The molecule has 0 amide bonds. The third kappa shape index (κ3) is 1.67.